The number of Topliss-reactive ketones (excluding diaryl/α,β-unsaturated/α-hetero) is 1. The van der Waals surface area contributed by atoms with Gasteiger partial charge in [0.25, 0.3) is 0 Å². The van der Waals surface area contributed by atoms with E-state index in [9.17, 15) is 9.59 Å². The van der Waals surface area contributed by atoms with Gasteiger partial charge in [-0.1, -0.05) is 51.7 Å². The fraction of sp³-hybridized carbons (Fsp3) is 0.765. The Morgan fingerprint density at radius 3 is 2.35 bits per heavy atom. The molecule has 0 aliphatic heterocycles. The molecule has 20 heavy (non-hydrogen) atoms. The van der Waals surface area contributed by atoms with Crippen LogP contribution >= 0.6 is 0 Å². The van der Waals surface area contributed by atoms with Crippen molar-refractivity contribution in [3.63, 3.8) is 0 Å². The van der Waals surface area contributed by atoms with Gasteiger partial charge in [0.05, 0.1) is 13.0 Å². The molecule has 0 radical (unpaired) electrons. The van der Waals surface area contributed by atoms with Crippen molar-refractivity contribution in [1.82, 2.24) is 0 Å². The van der Waals surface area contributed by atoms with Crippen LogP contribution in [-0.2, 0) is 14.3 Å². The second kappa shape index (κ2) is 14.3. The minimum absolute atomic E-state index is 0.185. The zero-order chi connectivity index (χ0) is 15.1. The number of carbonyl (C=O) groups excluding carboxylic acids is 2. The molecule has 3 heteroatoms. The molecule has 0 fully saturated rings. The van der Waals surface area contributed by atoms with Gasteiger partial charge in [-0.15, -0.1) is 0 Å². The molecular formula is C17H30O3. The molecule has 0 aliphatic carbocycles. The Balaban J connectivity index is 3.44. The summed E-state index contributed by atoms with van der Waals surface area (Å²) in [5, 5.41) is 0. The predicted octanol–water partition coefficient (Wildman–Crippen LogP) is 4.60. The highest BCUT2D eigenvalue weighted by molar-refractivity contribution is 5.82. The molecule has 0 N–H and O–H groups in total. The number of ether oxygens (including phenoxy) is 1. The van der Waals surface area contributed by atoms with E-state index >= 15 is 0 Å². The topological polar surface area (TPSA) is 43.4 Å². The van der Waals surface area contributed by atoms with Gasteiger partial charge in [-0.05, 0) is 19.3 Å². The highest BCUT2D eigenvalue weighted by Crippen LogP contribution is 2.07. The van der Waals surface area contributed by atoms with Crippen LogP contribution in [0.25, 0.3) is 0 Å². The van der Waals surface area contributed by atoms with Crippen molar-refractivity contribution in [2.75, 3.05) is 6.61 Å². The van der Waals surface area contributed by atoms with Crippen molar-refractivity contribution in [2.45, 2.75) is 78.1 Å². The van der Waals surface area contributed by atoms with E-state index in [-0.39, 0.29) is 18.2 Å². The van der Waals surface area contributed by atoms with Crippen LogP contribution < -0.4 is 0 Å². The normalized spacial score (nSPS) is 10.9. The lowest BCUT2D eigenvalue weighted by atomic mass is 10.1. The van der Waals surface area contributed by atoms with Crippen LogP contribution in [-0.4, -0.2) is 18.4 Å². The molecule has 0 atom stereocenters. The smallest absolute Gasteiger partial charge is 0.306 e. The van der Waals surface area contributed by atoms with Gasteiger partial charge in [0.2, 0.25) is 0 Å². The molecule has 3 nitrogen and oxygen atoms in total. The summed E-state index contributed by atoms with van der Waals surface area (Å²) in [7, 11) is 0. The lowest BCUT2D eigenvalue weighted by Crippen LogP contribution is -2.08. The van der Waals surface area contributed by atoms with E-state index in [4.69, 9.17) is 4.74 Å². The van der Waals surface area contributed by atoms with E-state index in [0.29, 0.717) is 19.4 Å². The minimum atomic E-state index is -0.255. The zero-order valence-corrected chi connectivity index (χ0v) is 13.2. The van der Waals surface area contributed by atoms with Crippen LogP contribution in [0.1, 0.15) is 78.1 Å². The monoisotopic (exact) mass is 282 g/mol. The third kappa shape index (κ3) is 13.3. The molecule has 0 rings (SSSR count). The Bertz CT molecular complexity index is 282. The minimum Gasteiger partial charge on any atom is -0.465 e. The summed E-state index contributed by atoms with van der Waals surface area (Å²) in [6.07, 6.45) is 12.7. The first-order valence-corrected chi connectivity index (χ1v) is 8.03. The average molecular weight is 282 g/mol. The van der Waals surface area contributed by atoms with Gasteiger partial charge < -0.3 is 4.74 Å². The molecule has 0 saturated carbocycles. The van der Waals surface area contributed by atoms with Crippen molar-refractivity contribution in [3.05, 3.63) is 12.2 Å². The number of hydrogen-bond donors (Lipinski definition) is 0. The fourth-order valence-electron chi connectivity index (χ4n) is 1.89. The number of rotatable bonds is 13. The van der Waals surface area contributed by atoms with E-state index in [1.54, 1.807) is 0 Å². The van der Waals surface area contributed by atoms with Gasteiger partial charge in [-0.2, -0.15) is 0 Å². The molecule has 0 aliphatic rings. The fourth-order valence-corrected chi connectivity index (χ4v) is 1.89. The summed E-state index contributed by atoms with van der Waals surface area (Å²) in [5.41, 5.74) is 0. The molecule has 0 aromatic heterocycles. The molecule has 0 aromatic carbocycles. The van der Waals surface area contributed by atoms with Gasteiger partial charge in [0, 0.05) is 12.8 Å². The summed E-state index contributed by atoms with van der Waals surface area (Å²) in [6, 6.07) is 0. The number of hydrogen-bond acceptors (Lipinski definition) is 3. The van der Waals surface area contributed by atoms with Crippen molar-refractivity contribution < 1.29 is 14.3 Å². The zero-order valence-electron chi connectivity index (χ0n) is 13.2. The van der Waals surface area contributed by atoms with Gasteiger partial charge in [0.1, 0.15) is 5.78 Å². The summed E-state index contributed by atoms with van der Waals surface area (Å²) in [6.45, 7) is 4.66. The lowest BCUT2D eigenvalue weighted by Gasteiger charge is -2.03. The number of allylic oxidation sites excluding steroid dienone is 1. The predicted molar refractivity (Wildman–Crippen MR) is 82.6 cm³/mol. The second-order valence-corrected chi connectivity index (χ2v) is 5.09. The molecule has 0 spiro atoms. The Hall–Kier alpha value is -1.12. The molecule has 0 amide bonds. The largest absolute Gasteiger partial charge is 0.465 e. The molecule has 0 heterocycles. The molecule has 116 valence electrons. The average Bonchev–Trinajstić information content (AvgIpc) is 2.44. The Morgan fingerprint density at radius 1 is 0.900 bits per heavy atom. The van der Waals surface area contributed by atoms with Crippen molar-refractivity contribution >= 4 is 11.8 Å². The summed E-state index contributed by atoms with van der Waals surface area (Å²) >= 11 is 0. The van der Waals surface area contributed by atoms with E-state index in [0.717, 1.165) is 25.7 Å². The van der Waals surface area contributed by atoms with Crippen LogP contribution in [0.2, 0.25) is 0 Å². The van der Waals surface area contributed by atoms with E-state index in [1.165, 1.54) is 19.3 Å². The van der Waals surface area contributed by atoms with E-state index < -0.39 is 0 Å². The van der Waals surface area contributed by atoms with Crippen LogP contribution in [0.5, 0.6) is 0 Å². The third-order valence-electron chi connectivity index (χ3n) is 3.12. The quantitative estimate of drug-likeness (QED) is 0.282. The lowest BCUT2D eigenvalue weighted by molar-refractivity contribution is -0.144. The van der Waals surface area contributed by atoms with Crippen LogP contribution in [0.3, 0.4) is 0 Å². The maximum Gasteiger partial charge on any atom is 0.306 e. The standard InChI is InChI=1S/C17H30O3/c1-3-5-7-9-10-12-16(18)13-14-17(19)20-15-11-8-6-4-2/h6,8H,3-5,7,9-15H2,1-2H3. The maximum atomic E-state index is 11.6. The summed E-state index contributed by atoms with van der Waals surface area (Å²) in [4.78, 5) is 23.0. The maximum absolute atomic E-state index is 11.6. The highest BCUT2D eigenvalue weighted by atomic mass is 16.5. The van der Waals surface area contributed by atoms with Crippen LogP contribution in [0.4, 0.5) is 0 Å². The Labute approximate surface area is 123 Å². The Kier molecular flexibility index (Phi) is 13.5. The molecular weight excluding hydrogens is 252 g/mol. The third-order valence-corrected chi connectivity index (χ3v) is 3.12. The van der Waals surface area contributed by atoms with Crippen LogP contribution in [0, 0.1) is 0 Å². The first-order valence-electron chi connectivity index (χ1n) is 8.03. The molecule has 0 aromatic rings. The molecule has 0 saturated heterocycles. The van der Waals surface area contributed by atoms with Crippen molar-refractivity contribution in [2.24, 2.45) is 0 Å². The number of carbonyl (C=O) groups is 2. The second-order valence-electron chi connectivity index (χ2n) is 5.09. The van der Waals surface area contributed by atoms with Gasteiger partial charge >= 0.3 is 5.97 Å². The first kappa shape index (κ1) is 18.9. The number of esters is 1. The molecule has 0 bridgehead atoms. The SMILES string of the molecule is CCC=CCCOC(=O)CCC(=O)CCCCCCC. The summed E-state index contributed by atoms with van der Waals surface area (Å²) in [5.74, 6) is -0.0708. The highest BCUT2D eigenvalue weighted by Gasteiger charge is 2.07. The van der Waals surface area contributed by atoms with E-state index in [1.807, 2.05) is 6.08 Å². The van der Waals surface area contributed by atoms with Crippen molar-refractivity contribution in [1.29, 1.82) is 0 Å². The molecule has 0 unspecified atom stereocenters. The van der Waals surface area contributed by atoms with Crippen molar-refractivity contribution in [3.8, 4) is 0 Å². The number of unbranched alkanes of at least 4 members (excludes halogenated alkanes) is 4. The van der Waals surface area contributed by atoms with Gasteiger partial charge in [-0.3, -0.25) is 9.59 Å². The van der Waals surface area contributed by atoms with E-state index in [2.05, 4.69) is 19.9 Å². The number of ketones is 1. The first-order chi connectivity index (χ1) is 9.70. The van der Waals surface area contributed by atoms with Gasteiger partial charge in [0.15, 0.2) is 0 Å². The Morgan fingerprint density at radius 2 is 1.65 bits per heavy atom. The van der Waals surface area contributed by atoms with Crippen LogP contribution in [0.15, 0.2) is 12.2 Å². The van der Waals surface area contributed by atoms with Gasteiger partial charge in [-0.25, -0.2) is 0 Å². The summed E-state index contributed by atoms with van der Waals surface area (Å²) < 4.78 is 5.05.